The Morgan fingerprint density at radius 3 is 2.86 bits per heavy atom. The first-order valence-corrected chi connectivity index (χ1v) is 7.28. The van der Waals surface area contributed by atoms with Crippen LogP contribution in [-0.4, -0.2) is 5.11 Å². The van der Waals surface area contributed by atoms with Gasteiger partial charge in [0.1, 0.15) is 24.0 Å². The number of hydrogen-bond donors (Lipinski definition) is 2. The summed E-state index contributed by atoms with van der Waals surface area (Å²) in [4.78, 5) is 14.0. The third kappa shape index (κ3) is 2.19. The van der Waals surface area contributed by atoms with Gasteiger partial charge in [-0.1, -0.05) is 0 Å². The fourth-order valence-corrected chi connectivity index (χ4v) is 3.34. The van der Waals surface area contributed by atoms with E-state index in [2.05, 4.69) is 0 Å². The van der Waals surface area contributed by atoms with Gasteiger partial charge in [0.25, 0.3) is 0 Å². The Morgan fingerprint density at radius 1 is 1.50 bits per heavy atom. The number of nitriles is 1. The van der Waals surface area contributed by atoms with Gasteiger partial charge in [-0.15, -0.1) is 11.3 Å². The summed E-state index contributed by atoms with van der Waals surface area (Å²) in [6, 6.07) is 6.94. The van der Waals surface area contributed by atoms with Gasteiger partial charge in [-0.25, -0.2) is 0 Å². The SMILES string of the molecule is Cc1ccc([C@@H]2C(C#N)=C(N)Oc3c2oc(CO)cc3=O)s1. The average Bonchev–Trinajstić information content (AvgIpc) is 2.92. The average molecular weight is 316 g/mol. The van der Waals surface area contributed by atoms with Crippen molar-refractivity contribution in [3.63, 3.8) is 0 Å². The van der Waals surface area contributed by atoms with Crippen LogP contribution in [0.15, 0.2) is 38.9 Å². The summed E-state index contributed by atoms with van der Waals surface area (Å²) in [6.07, 6.45) is 0. The Kier molecular flexibility index (Phi) is 3.48. The van der Waals surface area contributed by atoms with Crippen molar-refractivity contribution < 1.29 is 14.3 Å². The molecule has 0 spiro atoms. The molecule has 2 aromatic heterocycles. The molecule has 3 heterocycles. The van der Waals surface area contributed by atoms with Crippen LogP contribution in [0, 0.1) is 18.3 Å². The molecule has 0 aromatic carbocycles. The summed E-state index contributed by atoms with van der Waals surface area (Å²) in [5, 5.41) is 18.6. The molecule has 0 saturated heterocycles. The number of hydrogen-bond acceptors (Lipinski definition) is 7. The van der Waals surface area contributed by atoms with E-state index >= 15 is 0 Å². The van der Waals surface area contributed by atoms with Gasteiger partial charge in [-0.05, 0) is 19.1 Å². The van der Waals surface area contributed by atoms with Crippen LogP contribution < -0.4 is 15.9 Å². The van der Waals surface area contributed by atoms with E-state index in [9.17, 15) is 15.2 Å². The van der Waals surface area contributed by atoms with Crippen LogP contribution in [0.1, 0.15) is 27.2 Å². The van der Waals surface area contributed by atoms with Crippen molar-refractivity contribution in [3.8, 4) is 11.8 Å². The molecule has 3 N–H and O–H groups in total. The van der Waals surface area contributed by atoms with Crippen LogP contribution in [0.25, 0.3) is 0 Å². The zero-order valence-electron chi connectivity index (χ0n) is 11.6. The number of aryl methyl sites for hydroxylation is 1. The molecule has 6 nitrogen and oxygen atoms in total. The van der Waals surface area contributed by atoms with E-state index < -0.39 is 18.0 Å². The maximum atomic E-state index is 12.1. The van der Waals surface area contributed by atoms with E-state index in [1.165, 1.54) is 11.3 Å². The van der Waals surface area contributed by atoms with Gasteiger partial charge in [0, 0.05) is 15.8 Å². The molecule has 1 aliphatic rings. The van der Waals surface area contributed by atoms with Gasteiger partial charge in [0.2, 0.25) is 17.1 Å². The molecule has 0 unspecified atom stereocenters. The van der Waals surface area contributed by atoms with Crippen LogP contribution >= 0.6 is 11.3 Å². The minimum atomic E-state index is -0.605. The van der Waals surface area contributed by atoms with Crippen molar-refractivity contribution in [2.45, 2.75) is 19.4 Å². The smallest absolute Gasteiger partial charge is 0.228 e. The molecule has 0 fully saturated rings. The Bertz CT molecular complexity index is 872. The zero-order valence-corrected chi connectivity index (χ0v) is 12.4. The Morgan fingerprint density at radius 2 is 2.27 bits per heavy atom. The van der Waals surface area contributed by atoms with Gasteiger partial charge in [-0.3, -0.25) is 4.79 Å². The van der Waals surface area contributed by atoms with Gasteiger partial charge in [0.05, 0.1) is 5.92 Å². The summed E-state index contributed by atoms with van der Waals surface area (Å²) in [6.45, 7) is 1.52. The van der Waals surface area contributed by atoms with Gasteiger partial charge in [0.15, 0.2) is 5.76 Å². The van der Waals surface area contributed by atoms with Crippen molar-refractivity contribution >= 4 is 11.3 Å². The van der Waals surface area contributed by atoms with E-state index in [1.807, 2.05) is 25.1 Å². The Labute approximate surface area is 129 Å². The monoisotopic (exact) mass is 316 g/mol. The first-order chi connectivity index (χ1) is 10.5. The summed E-state index contributed by atoms with van der Waals surface area (Å²) in [5.41, 5.74) is 5.53. The molecule has 3 rings (SSSR count). The lowest BCUT2D eigenvalue weighted by molar-refractivity contribution is 0.232. The summed E-state index contributed by atoms with van der Waals surface area (Å²) in [7, 11) is 0. The maximum absolute atomic E-state index is 12.1. The third-order valence-electron chi connectivity index (χ3n) is 3.33. The predicted molar refractivity (Wildman–Crippen MR) is 79.3 cm³/mol. The van der Waals surface area contributed by atoms with Crippen molar-refractivity contribution in [2.75, 3.05) is 0 Å². The Hall–Kier alpha value is -2.56. The molecule has 1 aliphatic heterocycles. The van der Waals surface area contributed by atoms with Crippen LogP contribution in [-0.2, 0) is 6.61 Å². The number of rotatable bonds is 2. The fraction of sp³-hybridized carbons (Fsp3) is 0.200. The Balaban J connectivity index is 2.29. The second-order valence-electron chi connectivity index (χ2n) is 4.80. The number of fused-ring (bicyclic) bond motifs is 1. The minimum absolute atomic E-state index is 0.0373. The van der Waals surface area contributed by atoms with Crippen molar-refractivity contribution in [3.05, 3.63) is 61.2 Å². The van der Waals surface area contributed by atoms with Crippen molar-refractivity contribution in [1.82, 2.24) is 0 Å². The lowest BCUT2D eigenvalue weighted by Gasteiger charge is -2.23. The summed E-state index contributed by atoms with van der Waals surface area (Å²) in [5.74, 6) is -0.431. The number of nitrogens with two attached hydrogens (primary N) is 1. The largest absolute Gasteiger partial charge is 0.458 e. The van der Waals surface area contributed by atoms with E-state index in [4.69, 9.17) is 14.9 Å². The van der Waals surface area contributed by atoms with Gasteiger partial charge in [-0.2, -0.15) is 5.26 Å². The predicted octanol–water partition coefficient (Wildman–Crippen LogP) is 1.72. The second kappa shape index (κ2) is 5.33. The fourth-order valence-electron chi connectivity index (χ4n) is 2.36. The topological polar surface area (TPSA) is 109 Å². The highest BCUT2D eigenvalue weighted by Crippen LogP contribution is 2.42. The normalized spacial score (nSPS) is 16.9. The first-order valence-electron chi connectivity index (χ1n) is 6.46. The number of thiophene rings is 1. The number of ether oxygens (including phenoxy) is 1. The van der Waals surface area contributed by atoms with Crippen molar-refractivity contribution in [1.29, 1.82) is 5.26 Å². The lowest BCUT2D eigenvalue weighted by Crippen LogP contribution is -2.25. The second-order valence-corrected chi connectivity index (χ2v) is 6.12. The molecular formula is C15H12N2O4S. The molecule has 112 valence electrons. The van der Waals surface area contributed by atoms with Crippen LogP contribution in [0.5, 0.6) is 5.75 Å². The van der Waals surface area contributed by atoms with Crippen molar-refractivity contribution in [2.24, 2.45) is 5.73 Å². The molecule has 2 aromatic rings. The van der Waals surface area contributed by atoms with E-state index in [1.54, 1.807) is 0 Å². The molecule has 0 aliphatic carbocycles. The standard InChI is InChI=1S/C15H12N2O4S/c1-7-2-3-11(22-7)12-9(5-16)15(17)21-13-10(19)4-8(6-18)20-14(12)13/h2-4,12,18H,6,17H2,1H3/t12-/m0/s1. The molecule has 22 heavy (non-hydrogen) atoms. The number of nitrogens with zero attached hydrogens (tertiary/aromatic N) is 1. The highest BCUT2D eigenvalue weighted by molar-refractivity contribution is 7.12. The molecule has 0 radical (unpaired) electrons. The molecule has 0 saturated carbocycles. The van der Waals surface area contributed by atoms with Crippen LogP contribution in [0.2, 0.25) is 0 Å². The van der Waals surface area contributed by atoms with E-state index in [0.29, 0.717) is 0 Å². The number of aliphatic hydroxyl groups excluding tert-OH is 1. The molecule has 7 heteroatoms. The lowest BCUT2D eigenvalue weighted by atomic mass is 9.93. The molecule has 1 atom stereocenters. The summed E-state index contributed by atoms with van der Waals surface area (Å²) >= 11 is 1.48. The quantitative estimate of drug-likeness (QED) is 0.873. The van der Waals surface area contributed by atoms with Gasteiger partial charge >= 0.3 is 0 Å². The van der Waals surface area contributed by atoms with E-state index in [-0.39, 0.29) is 28.7 Å². The van der Waals surface area contributed by atoms with Gasteiger partial charge < -0.3 is 20.0 Å². The van der Waals surface area contributed by atoms with Crippen LogP contribution in [0.4, 0.5) is 0 Å². The third-order valence-corrected chi connectivity index (χ3v) is 4.40. The number of aliphatic hydroxyl groups is 1. The zero-order chi connectivity index (χ0) is 15.9. The molecule has 0 amide bonds. The highest BCUT2D eigenvalue weighted by atomic mass is 32.1. The molecular weight excluding hydrogens is 304 g/mol. The highest BCUT2D eigenvalue weighted by Gasteiger charge is 2.35. The first kappa shape index (κ1) is 14.4. The maximum Gasteiger partial charge on any atom is 0.228 e. The van der Waals surface area contributed by atoms with E-state index in [0.717, 1.165) is 15.8 Å². The molecule has 0 bridgehead atoms. The number of allylic oxidation sites excluding steroid dienone is 1. The minimum Gasteiger partial charge on any atom is -0.458 e. The van der Waals surface area contributed by atoms with Crippen LogP contribution in [0.3, 0.4) is 0 Å². The summed E-state index contributed by atoms with van der Waals surface area (Å²) < 4.78 is 10.9.